The molecule has 8 atom stereocenters. The van der Waals surface area contributed by atoms with Crippen molar-refractivity contribution >= 4 is 65.0 Å². The number of likely N-dealkylation sites (tertiary alicyclic amines) is 1. The first-order chi connectivity index (χ1) is 39.7. The van der Waals surface area contributed by atoms with Gasteiger partial charge in [-0.25, -0.2) is 4.98 Å². The third-order valence-corrected chi connectivity index (χ3v) is 13.2. The van der Waals surface area contributed by atoms with Crippen LogP contribution in [-0.4, -0.2) is 194 Å². The summed E-state index contributed by atoms with van der Waals surface area (Å²) in [7, 11) is 0. The summed E-state index contributed by atoms with van der Waals surface area (Å²) < 4.78 is 0. The quantitative estimate of drug-likeness (QED) is 0.0125. The molecule has 0 saturated carbocycles. The van der Waals surface area contributed by atoms with Crippen LogP contribution in [0.25, 0.3) is 0 Å². The molecular weight excluding hydrogens is 1080 g/mol. The van der Waals surface area contributed by atoms with Crippen LogP contribution in [0.1, 0.15) is 109 Å². The van der Waals surface area contributed by atoms with Crippen LogP contribution < -0.4 is 99.5 Å². The van der Waals surface area contributed by atoms with Gasteiger partial charge in [0.15, 0.2) is 5.96 Å². The van der Waals surface area contributed by atoms with E-state index in [1.807, 2.05) is 0 Å². The highest BCUT2D eigenvalue weighted by molar-refractivity contribution is 6.02. The van der Waals surface area contributed by atoms with Crippen LogP contribution in [-0.2, 0) is 54.4 Å². The van der Waals surface area contributed by atoms with Crippen LogP contribution in [0.3, 0.4) is 0 Å². The maximum absolute atomic E-state index is 14.5. The van der Waals surface area contributed by atoms with Gasteiger partial charge in [-0.2, -0.15) is 0 Å². The molecule has 1 aliphatic rings. The maximum Gasteiger partial charge on any atom is 0.268 e. The molecule has 32 nitrogen and oxygen atoms in total. The second-order valence-electron chi connectivity index (χ2n) is 20.0. The van der Waals surface area contributed by atoms with E-state index < -0.39 is 114 Å². The molecule has 468 valence electrons. The van der Waals surface area contributed by atoms with E-state index in [4.69, 9.17) is 51.6 Å². The van der Waals surface area contributed by atoms with Crippen molar-refractivity contribution in [1.82, 2.24) is 62.7 Å². The standard InChI is InChI=1S/C51H94N22O10/c1-31(66-45(78)37(17-23-57)68-43(76)33(58)16-22-56)42(75)64-29-41(74)67-38(13-8-21-55)50(83)73-26-10-15-40(73)49(82)72-39(27-32-28-61-30-65-32)48(81)71-35(12-3-5-19-53)46(79)70-36(14-9-25-63-51(59)60)47(80)69-34(11-2-4-18-52)44(77)62-24-7-6-20-54/h14,28,30-31,33-35,37-40H,2-13,15-27,29,52-58H2,1H3,(H,61,65)(H,62,77)(H,64,75)(H,66,78)(H,67,74)(H,68,76)(H,69,80)(H,70,79)(H,71,81)(H,72,82)(H4,59,60,63)/b36-14-/t31-,33-,34-,35-,37-,38+,39-,40-/m0/s1. The van der Waals surface area contributed by atoms with Gasteiger partial charge in [0.25, 0.3) is 5.91 Å². The van der Waals surface area contributed by atoms with Gasteiger partial charge in [0.05, 0.1) is 18.9 Å². The van der Waals surface area contributed by atoms with Crippen molar-refractivity contribution in [2.75, 3.05) is 65.4 Å². The van der Waals surface area contributed by atoms with E-state index in [2.05, 4.69) is 62.8 Å². The number of aromatic nitrogens is 2. The van der Waals surface area contributed by atoms with E-state index in [1.165, 1.54) is 30.4 Å². The summed E-state index contributed by atoms with van der Waals surface area (Å²) in [6, 6.07) is -9.26. The SMILES string of the molecule is C[C@H](NC(=O)[C@H](CCN)NC(=O)[C@@H](N)CCN)C(=O)NCC(=O)N[C@H](CCCN)C(=O)N1CCC[C@H]1C(=O)N[C@@H](Cc1cnc[nH]1)C(=O)N[C@@H](CCCCN)C(=O)N/C(=C\CCN=C(N)N)C(=O)N[C@@H](CCCCN)C(=O)NCCCCN. The first-order valence-electron chi connectivity index (χ1n) is 28.4. The van der Waals surface area contributed by atoms with Gasteiger partial charge in [-0.15, -0.1) is 0 Å². The molecule has 0 unspecified atom stereocenters. The Labute approximate surface area is 484 Å². The van der Waals surface area contributed by atoms with Gasteiger partial charge in [0.1, 0.15) is 48.0 Å². The molecule has 1 saturated heterocycles. The van der Waals surface area contributed by atoms with Gasteiger partial charge >= 0.3 is 0 Å². The van der Waals surface area contributed by atoms with Crippen LogP contribution in [0.2, 0.25) is 0 Å². The predicted molar refractivity (Wildman–Crippen MR) is 310 cm³/mol. The zero-order chi connectivity index (χ0) is 61.7. The largest absolute Gasteiger partial charge is 0.370 e. The number of carbonyl (C=O) groups is 10. The van der Waals surface area contributed by atoms with Gasteiger partial charge in [-0.05, 0) is 143 Å². The summed E-state index contributed by atoms with van der Waals surface area (Å²) in [6.45, 7) is 2.58. The molecule has 32 heteroatoms. The molecular formula is C51H94N22O10. The first-order valence-corrected chi connectivity index (χ1v) is 28.4. The number of nitrogens with two attached hydrogens (primary N) is 9. The molecule has 1 fully saturated rings. The van der Waals surface area contributed by atoms with Crippen LogP contribution in [0.5, 0.6) is 0 Å². The molecule has 0 aliphatic carbocycles. The molecule has 1 aliphatic heterocycles. The Morgan fingerprint density at radius 1 is 0.651 bits per heavy atom. The lowest BCUT2D eigenvalue weighted by Crippen LogP contribution is -2.59. The number of hydrogen-bond acceptors (Lipinski definition) is 19. The van der Waals surface area contributed by atoms with E-state index in [0.29, 0.717) is 70.3 Å². The zero-order valence-electron chi connectivity index (χ0n) is 47.9. The van der Waals surface area contributed by atoms with E-state index in [-0.39, 0.29) is 109 Å². The molecule has 0 aromatic carbocycles. The lowest BCUT2D eigenvalue weighted by molar-refractivity contribution is -0.142. The van der Waals surface area contributed by atoms with Crippen molar-refractivity contribution < 1.29 is 47.9 Å². The Balaban J connectivity index is 2.34. The van der Waals surface area contributed by atoms with Crippen molar-refractivity contribution in [2.24, 2.45) is 56.6 Å². The zero-order valence-corrected chi connectivity index (χ0v) is 47.9. The van der Waals surface area contributed by atoms with Crippen molar-refractivity contribution in [2.45, 2.75) is 158 Å². The molecule has 2 rings (SSSR count). The molecule has 28 N–H and O–H groups in total. The normalized spacial score (nSPS) is 15.6. The fraction of sp³-hybridized carbons (Fsp3) is 0.686. The molecule has 1 aromatic rings. The third kappa shape index (κ3) is 27.5. The van der Waals surface area contributed by atoms with Crippen LogP contribution in [0.4, 0.5) is 0 Å². The number of nitrogens with zero attached hydrogens (tertiary/aromatic N) is 3. The summed E-state index contributed by atoms with van der Waals surface area (Å²) in [5, 5.41) is 23.7. The number of rotatable bonds is 42. The van der Waals surface area contributed by atoms with E-state index in [9.17, 15) is 47.9 Å². The number of carbonyl (C=O) groups excluding carboxylic acids is 10. The number of aromatic amines is 1. The lowest BCUT2D eigenvalue weighted by atomic mass is 10.0. The minimum atomic E-state index is -1.37. The molecule has 83 heavy (non-hydrogen) atoms. The average molecular weight is 1180 g/mol. The van der Waals surface area contributed by atoms with Gasteiger partial charge < -0.3 is 109 Å². The number of guanidine groups is 1. The minimum absolute atomic E-state index is 0.0243. The highest BCUT2D eigenvalue weighted by atomic mass is 16.2. The fourth-order valence-electron chi connectivity index (χ4n) is 8.60. The number of nitrogens with one attached hydrogen (secondary N) is 10. The number of unbranched alkanes of at least 4 members (excludes halogenated alkanes) is 3. The van der Waals surface area contributed by atoms with Crippen molar-refractivity contribution in [3.8, 4) is 0 Å². The number of H-pyrrole nitrogens is 1. The Morgan fingerprint density at radius 2 is 1.25 bits per heavy atom. The smallest absolute Gasteiger partial charge is 0.268 e. The van der Waals surface area contributed by atoms with Gasteiger partial charge in [-0.3, -0.25) is 52.9 Å². The van der Waals surface area contributed by atoms with Crippen LogP contribution >= 0.6 is 0 Å². The predicted octanol–water partition coefficient (Wildman–Crippen LogP) is -7.47. The second kappa shape index (κ2) is 40.8. The summed E-state index contributed by atoms with van der Waals surface area (Å²) in [4.78, 5) is 149. The highest BCUT2D eigenvalue weighted by Gasteiger charge is 2.40. The Morgan fingerprint density at radius 3 is 1.87 bits per heavy atom. The summed E-state index contributed by atoms with van der Waals surface area (Å²) in [5.41, 5.74) is 51.1. The lowest BCUT2D eigenvalue weighted by Gasteiger charge is -2.30. The maximum atomic E-state index is 14.5. The minimum Gasteiger partial charge on any atom is -0.370 e. The monoisotopic (exact) mass is 1170 g/mol. The highest BCUT2D eigenvalue weighted by Crippen LogP contribution is 2.20. The molecule has 0 spiro atoms. The van der Waals surface area contributed by atoms with Gasteiger partial charge in [0, 0.05) is 37.9 Å². The van der Waals surface area contributed by atoms with Crippen LogP contribution in [0.15, 0.2) is 29.3 Å². The Kier molecular flexibility index (Phi) is 35.2. The topological polar surface area (TPSA) is 557 Å². The number of amides is 10. The van der Waals surface area contributed by atoms with Gasteiger partial charge in [0.2, 0.25) is 53.2 Å². The average Bonchev–Trinajstić information content (AvgIpc) is 4.38. The third-order valence-electron chi connectivity index (χ3n) is 13.2. The molecule has 0 bridgehead atoms. The Bertz CT molecular complexity index is 2270. The summed E-state index contributed by atoms with van der Waals surface area (Å²) in [6.07, 6.45) is 8.69. The van der Waals surface area contributed by atoms with Gasteiger partial charge in [-0.1, -0.05) is 6.08 Å². The van der Waals surface area contributed by atoms with Crippen molar-refractivity contribution in [1.29, 1.82) is 0 Å². The second-order valence-corrected chi connectivity index (χ2v) is 20.0. The van der Waals surface area contributed by atoms with E-state index >= 15 is 0 Å². The number of imidazole rings is 1. The van der Waals surface area contributed by atoms with E-state index in [0.717, 1.165) is 0 Å². The molecule has 1 aromatic heterocycles. The molecule has 2 heterocycles. The number of hydrogen-bond donors (Lipinski definition) is 19. The molecule has 0 radical (unpaired) electrons. The van der Waals surface area contributed by atoms with Crippen LogP contribution in [0, 0.1) is 0 Å². The van der Waals surface area contributed by atoms with Crippen molar-refractivity contribution in [3.05, 3.63) is 30.0 Å². The fourth-order valence-corrected chi connectivity index (χ4v) is 8.60. The van der Waals surface area contributed by atoms with Crippen molar-refractivity contribution in [3.63, 3.8) is 0 Å². The number of aliphatic imine (C=N–C) groups is 1. The summed E-state index contributed by atoms with van der Waals surface area (Å²) in [5.74, 6) is -7.30. The first kappa shape index (κ1) is 71.7. The van der Waals surface area contributed by atoms with E-state index in [1.54, 1.807) is 0 Å². The molecule has 10 amide bonds. The summed E-state index contributed by atoms with van der Waals surface area (Å²) >= 11 is 0. The Hall–Kier alpha value is -7.36.